The van der Waals surface area contributed by atoms with Gasteiger partial charge in [-0.15, -0.1) is 22.7 Å². The maximum absolute atomic E-state index is 14.2. The Kier molecular flexibility index (Phi) is 18.7. The quantitative estimate of drug-likeness (QED) is 0.0656. The third-order valence-electron chi connectivity index (χ3n) is 9.06. The molecule has 2 aromatic heterocycles. The van der Waals surface area contributed by atoms with Crippen LogP contribution in [0.4, 0.5) is 9.59 Å². The standard InChI is InChI=1S/C42H54N6O9S2/c1-27(2)38(47-41(52)48(5)21-32-25-58-40(45-32)28(3)4)39(51)44-31(17-29-13-9-7-10-14-29)19-35(57-37(50)24-55-23-36(49)54-6)34(18-30-15-11-8-12-16-30)46-42(53)56-22-33-20-43-26-59-33/h7-16,20,25-28,31,34-35,38H,17-19,21-24H2,1-6H3,(H,44,51)(H,46,53)(H,47,52)/t31-,34-,35-,38-/m0/s1. The van der Waals surface area contributed by atoms with Gasteiger partial charge in [0.2, 0.25) is 5.91 Å². The first-order chi connectivity index (χ1) is 28.3. The van der Waals surface area contributed by atoms with E-state index in [0.717, 1.165) is 26.7 Å². The Bertz CT molecular complexity index is 1910. The second-order valence-electron chi connectivity index (χ2n) is 14.6. The zero-order valence-electron chi connectivity index (χ0n) is 34.3. The molecule has 0 spiro atoms. The molecule has 3 N–H and O–H groups in total. The van der Waals surface area contributed by atoms with E-state index in [4.69, 9.17) is 14.2 Å². The Balaban J connectivity index is 1.61. The number of aromatic nitrogens is 2. The molecule has 0 aliphatic carbocycles. The lowest BCUT2D eigenvalue weighted by Gasteiger charge is -2.32. The number of esters is 2. The molecule has 59 heavy (non-hydrogen) atoms. The first kappa shape index (κ1) is 46.3. The number of hydrogen-bond acceptors (Lipinski definition) is 13. The van der Waals surface area contributed by atoms with Gasteiger partial charge >= 0.3 is 24.1 Å². The highest BCUT2D eigenvalue weighted by Gasteiger charge is 2.34. The molecular formula is C42H54N6O9S2. The van der Waals surface area contributed by atoms with E-state index in [1.165, 1.54) is 23.3 Å². The molecule has 4 amide bonds. The van der Waals surface area contributed by atoms with Crippen molar-refractivity contribution in [2.24, 2.45) is 5.92 Å². The van der Waals surface area contributed by atoms with Crippen LogP contribution in [0.3, 0.4) is 0 Å². The summed E-state index contributed by atoms with van der Waals surface area (Å²) in [6, 6.07) is 15.9. The molecule has 318 valence electrons. The summed E-state index contributed by atoms with van der Waals surface area (Å²) in [6.07, 6.45) is 0.351. The molecule has 2 heterocycles. The van der Waals surface area contributed by atoms with E-state index in [0.29, 0.717) is 6.42 Å². The van der Waals surface area contributed by atoms with Gasteiger partial charge in [-0.05, 0) is 29.9 Å². The van der Waals surface area contributed by atoms with Gasteiger partial charge < -0.3 is 39.8 Å². The van der Waals surface area contributed by atoms with Crippen LogP contribution in [0.5, 0.6) is 0 Å². The molecule has 0 radical (unpaired) electrons. The number of carbonyl (C=O) groups is 5. The highest BCUT2D eigenvalue weighted by molar-refractivity contribution is 7.09. The van der Waals surface area contributed by atoms with Gasteiger partial charge in [0, 0.05) is 37.0 Å². The molecule has 0 saturated heterocycles. The van der Waals surface area contributed by atoms with Crippen molar-refractivity contribution in [2.75, 3.05) is 27.4 Å². The van der Waals surface area contributed by atoms with Gasteiger partial charge in [-0.25, -0.2) is 24.2 Å². The molecule has 2 aromatic carbocycles. The summed E-state index contributed by atoms with van der Waals surface area (Å²) < 4.78 is 21.4. The lowest BCUT2D eigenvalue weighted by atomic mass is 9.92. The topological polar surface area (TPSA) is 187 Å². The Labute approximate surface area is 353 Å². The molecule has 0 bridgehead atoms. The van der Waals surface area contributed by atoms with Crippen LogP contribution in [0.2, 0.25) is 0 Å². The first-order valence-electron chi connectivity index (χ1n) is 19.3. The molecular weight excluding hydrogens is 797 g/mol. The second kappa shape index (κ2) is 23.9. The molecule has 0 unspecified atom stereocenters. The summed E-state index contributed by atoms with van der Waals surface area (Å²) in [6.45, 7) is 6.98. The number of ether oxygens (including phenoxy) is 4. The van der Waals surface area contributed by atoms with Gasteiger partial charge in [0.25, 0.3) is 0 Å². The fourth-order valence-corrected chi connectivity index (χ4v) is 7.31. The van der Waals surface area contributed by atoms with Crippen molar-refractivity contribution in [3.63, 3.8) is 0 Å². The number of methoxy groups -OCH3 is 1. The normalized spacial score (nSPS) is 13.2. The van der Waals surface area contributed by atoms with Crippen molar-refractivity contribution in [1.29, 1.82) is 0 Å². The summed E-state index contributed by atoms with van der Waals surface area (Å²) in [7, 11) is 2.85. The fraction of sp³-hybridized carbons (Fsp3) is 0.452. The summed E-state index contributed by atoms with van der Waals surface area (Å²) >= 11 is 2.88. The molecule has 0 saturated carbocycles. The SMILES string of the molecule is COC(=O)COCC(=O)O[C@@H](C[C@H](Cc1ccccc1)NC(=O)[C@@H](NC(=O)N(C)Cc1csc(C(C)C)n1)C(C)C)[C@H](Cc1ccccc1)NC(=O)OCc1cncs1. The van der Waals surface area contributed by atoms with E-state index in [9.17, 15) is 24.0 Å². The van der Waals surface area contributed by atoms with Crippen molar-refractivity contribution in [3.8, 4) is 0 Å². The third-order valence-corrected chi connectivity index (χ3v) is 11.0. The van der Waals surface area contributed by atoms with Crippen LogP contribution in [0.15, 0.2) is 77.8 Å². The molecule has 0 aliphatic heterocycles. The summed E-state index contributed by atoms with van der Waals surface area (Å²) in [4.78, 5) is 77.0. The van der Waals surface area contributed by atoms with Crippen LogP contribution >= 0.6 is 22.7 Å². The van der Waals surface area contributed by atoms with Crippen molar-refractivity contribution >= 4 is 52.6 Å². The number of thiazole rings is 2. The third kappa shape index (κ3) is 16.1. The van der Waals surface area contributed by atoms with Crippen LogP contribution in [-0.4, -0.2) is 96.4 Å². The summed E-state index contributed by atoms with van der Waals surface area (Å²) in [5.74, 6) is -1.97. The number of nitrogens with zero attached hydrogens (tertiary/aromatic N) is 3. The van der Waals surface area contributed by atoms with Crippen LogP contribution in [0.25, 0.3) is 0 Å². The largest absolute Gasteiger partial charge is 0.467 e. The monoisotopic (exact) mass is 850 g/mol. The molecule has 4 atom stereocenters. The minimum Gasteiger partial charge on any atom is -0.467 e. The number of amides is 4. The van der Waals surface area contributed by atoms with E-state index in [1.807, 2.05) is 79.9 Å². The molecule has 0 aliphatic rings. The number of alkyl carbamates (subject to hydrolysis) is 1. The van der Waals surface area contributed by atoms with Gasteiger partial charge in [0.1, 0.15) is 32.0 Å². The van der Waals surface area contributed by atoms with Gasteiger partial charge in [0.15, 0.2) is 0 Å². The lowest BCUT2D eigenvalue weighted by Crippen LogP contribution is -2.56. The Morgan fingerprint density at radius 2 is 1.49 bits per heavy atom. The second-order valence-corrected chi connectivity index (χ2v) is 16.4. The van der Waals surface area contributed by atoms with Crippen LogP contribution in [-0.2, 0) is 59.3 Å². The number of nitrogens with one attached hydrogen (secondary N) is 3. The van der Waals surface area contributed by atoms with Gasteiger partial charge in [-0.3, -0.25) is 9.78 Å². The van der Waals surface area contributed by atoms with Crippen LogP contribution < -0.4 is 16.0 Å². The van der Waals surface area contributed by atoms with Crippen LogP contribution in [0.1, 0.15) is 66.7 Å². The number of urea groups is 1. The zero-order chi connectivity index (χ0) is 42.7. The maximum atomic E-state index is 14.2. The predicted molar refractivity (Wildman–Crippen MR) is 224 cm³/mol. The van der Waals surface area contributed by atoms with Gasteiger partial charge in [0.05, 0.1) is 40.8 Å². The van der Waals surface area contributed by atoms with E-state index in [1.54, 1.807) is 30.1 Å². The first-order valence-corrected chi connectivity index (χ1v) is 21.1. The number of benzene rings is 2. The Morgan fingerprint density at radius 1 is 0.831 bits per heavy atom. The van der Waals surface area contributed by atoms with Crippen molar-refractivity contribution < 1.29 is 42.9 Å². The average molecular weight is 851 g/mol. The Hall–Kier alpha value is -5.39. The number of rotatable bonds is 22. The highest BCUT2D eigenvalue weighted by atomic mass is 32.1. The number of hydrogen-bond donors (Lipinski definition) is 3. The van der Waals surface area contributed by atoms with Crippen molar-refractivity contribution in [2.45, 2.75) is 90.3 Å². The van der Waals surface area contributed by atoms with E-state index in [2.05, 4.69) is 44.5 Å². The number of carbonyl (C=O) groups excluding carboxylic acids is 5. The minimum absolute atomic E-state index is 0.0205. The average Bonchev–Trinajstić information content (AvgIpc) is 3.92. The van der Waals surface area contributed by atoms with E-state index in [-0.39, 0.29) is 37.8 Å². The van der Waals surface area contributed by atoms with E-state index < -0.39 is 67.4 Å². The van der Waals surface area contributed by atoms with Crippen LogP contribution in [0, 0.1) is 5.92 Å². The van der Waals surface area contributed by atoms with Gasteiger partial charge in [-0.2, -0.15) is 0 Å². The maximum Gasteiger partial charge on any atom is 0.407 e. The molecule has 17 heteroatoms. The predicted octanol–water partition coefficient (Wildman–Crippen LogP) is 5.65. The molecule has 4 rings (SSSR count). The molecule has 4 aromatic rings. The lowest BCUT2D eigenvalue weighted by molar-refractivity contribution is -0.159. The minimum atomic E-state index is -1.05. The van der Waals surface area contributed by atoms with Crippen molar-refractivity contribution in [3.05, 3.63) is 104 Å². The van der Waals surface area contributed by atoms with E-state index >= 15 is 0 Å². The zero-order valence-corrected chi connectivity index (χ0v) is 35.9. The van der Waals surface area contributed by atoms with Crippen molar-refractivity contribution in [1.82, 2.24) is 30.8 Å². The molecule has 0 fully saturated rings. The fourth-order valence-electron chi connectivity index (χ4n) is 5.98. The van der Waals surface area contributed by atoms with Gasteiger partial charge in [-0.1, -0.05) is 88.4 Å². The summed E-state index contributed by atoms with van der Waals surface area (Å²) in [5.41, 5.74) is 4.10. The Morgan fingerprint density at radius 3 is 2.08 bits per heavy atom. The highest BCUT2D eigenvalue weighted by Crippen LogP contribution is 2.21. The summed E-state index contributed by atoms with van der Waals surface area (Å²) in [5, 5.41) is 11.8. The molecule has 15 nitrogen and oxygen atoms in total. The smallest absolute Gasteiger partial charge is 0.407 e.